The van der Waals surface area contributed by atoms with Crippen LogP contribution in [0.1, 0.15) is 36.8 Å². The molecule has 0 aromatic heterocycles. The molecule has 0 spiro atoms. The van der Waals surface area contributed by atoms with Crippen LogP contribution in [0.15, 0.2) is 12.1 Å². The van der Waals surface area contributed by atoms with Crippen LogP contribution in [0.5, 0.6) is 0 Å². The maximum Gasteiger partial charge on any atom is 0.313 e. The number of aryl methyl sites for hydroxylation is 2. The average Bonchev–Trinajstić information content (AvgIpc) is 2.75. The van der Waals surface area contributed by atoms with E-state index in [0.717, 1.165) is 60.5 Å². The molecule has 3 aliphatic rings. The number of rotatable bonds is 4. The Labute approximate surface area is 174 Å². The van der Waals surface area contributed by atoms with Gasteiger partial charge >= 0.3 is 11.8 Å². The number of carbonyl (C=O) groups excluding carboxylic acids is 3. The monoisotopic (exact) mass is 417 g/mol. The summed E-state index contributed by atoms with van der Waals surface area (Å²) in [5.74, 6) is 0.833. The summed E-state index contributed by atoms with van der Waals surface area (Å²) in [6.45, 7) is 1.09. The van der Waals surface area contributed by atoms with Gasteiger partial charge in [-0.05, 0) is 66.9 Å². The Balaban J connectivity index is 1.42. The Morgan fingerprint density at radius 3 is 2.59 bits per heavy atom. The number of anilines is 2. The molecule has 7 nitrogen and oxygen atoms in total. The van der Waals surface area contributed by atoms with Crippen LogP contribution < -0.4 is 15.5 Å². The topological polar surface area (TPSA) is 87.7 Å². The van der Waals surface area contributed by atoms with E-state index < -0.39 is 11.8 Å². The maximum absolute atomic E-state index is 12.4. The van der Waals surface area contributed by atoms with Crippen LogP contribution >= 0.6 is 11.8 Å². The molecule has 0 bridgehead atoms. The summed E-state index contributed by atoms with van der Waals surface area (Å²) in [5, 5.41) is 5.48. The Morgan fingerprint density at radius 1 is 1.14 bits per heavy atom. The van der Waals surface area contributed by atoms with Gasteiger partial charge < -0.3 is 20.3 Å². The first-order valence-electron chi connectivity index (χ1n) is 10.2. The highest BCUT2D eigenvalue weighted by Crippen LogP contribution is 2.37. The van der Waals surface area contributed by atoms with E-state index in [9.17, 15) is 14.4 Å². The van der Waals surface area contributed by atoms with Crippen LogP contribution in [-0.4, -0.2) is 55.0 Å². The van der Waals surface area contributed by atoms with Crippen LogP contribution in [-0.2, 0) is 32.0 Å². The lowest BCUT2D eigenvalue weighted by Gasteiger charge is -2.36. The van der Waals surface area contributed by atoms with Gasteiger partial charge in [0.05, 0.1) is 11.3 Å². The lowest BCUT2D eigenvalue weighted by atomic mass is 9.91. The number of methoxy groups -OCH3 is 1. The minimum atomic E-state index is -0.673. The van der Waals surface area contributed by atoms with Crippen molar-refractivity contribution in [3.63, 3.8) is 0 Å². The van der Waals surface area contributed by atoms with E-state index in [2.05, 4.69) is 10.6 Å². The molecule has 8 heteroatoms. The van der Waals surface area contributed by atoms with Gasteiger partial charge in [0, 0.05) is 32.3 Å². The van der Waals surface area contributed by atoms with Crippen molar-refractivity contribution in [2.45, 2.75) is 44.1 Å². The molecule has 1 fully saturated rings. The molecule has 29 heavy (non-hydrogen) atoms. The number of amides is 3. The summed E-state index contributed by atoms with van der Waals surface area (Å²) in [6.07, 6.45) is 4.66. The van der Waals surface area contributed by atoms with Gasteiger partial charge in [-0.15, -0.1) is 0 Å². The molecule has 2 N–H and O–H groups in total. The predicted molar refractivity (Wildman–Crippen MR) is 113 cm³/mol. The van der Waals surface area contributed by atoms with Crippen molar-refractivity contribution in [1.29, 1.82) is 0 Å². The normalized spacial score (nSPS) is 20.0. The van der Waals surface area contributed by atoms with Crippen molar-refractivity contribution in [2.75, 3.05) is 41.9 Å². The van der Waals surface area contributed by atoms with Crippen LogP contribution in [0.4, 0.5) is 11.4 Å². The molecule has 1 saturated heterocycles. The van der Waals surface area contributed by atoms with E-state index in [4.69, 9.17) is 4.74 Å². The highest BCUT2D eigenvalue weighted by atomic mass is 32.2. The fraction of sp³-hybridized carbons (Fsp3) is 0.571. The lowest BCUT2D eigenvalue weighted by molar-refractivity contribution is -0.137. The summed E-state index contributed by atoms with van der Waals surface area (Å²) in [5.41, 5.74) is 3.37. The number of hydrogen-bond donors (Lipinski definition) is 2. The number of thioether (sulfide) groups is 1. The molecule has 0 aliphatic carbocycles. The molecule has 0 radical (unpaired) electrons. The first kappa shape index (κ1) is 20.2. The highest BCUT2D eigenvalue weighted by Gasteiger charge is 2.33. The standard InChI is InChI=1S/C21H27N3O4S/c1-28-21(6-9-29-10-7-21)13-22-19(26)20(27)23-16-11-14-3-2-8-24-17(25)5-4-15(12-16)18(14)24/h11-12H,2-10,13H2,1H3,(H,22,26)(H,23,27). The van der Waals surface area contributed by atoms with E-state index in [-0.39, 0.29) is 11.5 Å². The van der Waals surface area contributed by atoms with Gasteiger partial charge in [-0.25, -0.2) is 0 Å². The molecule has 156 valence electrons. The molecular weight excluding hydrogens is 390 g/mol. The highest BCUT2D eigenvalue weighted by molar-refractivity contribution is 7.99. The zero-order valence-corrected chi connectivity index (χ0v) is 17.5. The molecule has 3 heterocycles. The summed E-state index contributed by atoms with van der Waals surface area (Å²) in [4.78, 5) is 38.8. The Bertz CT molecular complexity index is 818. The molecule has 3 amide bonds. The van der Waals surface area contributed by atoms with Crippen molar-refractivity contribution in [3.8, 4) is 0 Å². The van der Waals surface area contributed by atoms with Gasteiger partial charge in [0.25, 0.3) is 0 Å². The largest absolute Gasteiger partial charge is 0.376 e. The zero-order chi connectivity index (χ0) is 20.4. The van der Waals surface area contributed by atoms with Crippen molar-refractivity contribution < 1.29 is 19.1 Å². The van der Waals surface area contributed by atoms with E-state index >= 15 is 0 Å². The SMILES string of the molecule is COC1(CNC(=O)C(=O)Nc2cc3c4c(c2)CCC(=O)N4CCC3)CCSCC1. The molecule has 4 rings (SSSR count). The first-order valence-corrected chi connectivity index (χ1v) is 11.3. The van der Waals surface area contributed by atoms with Gasteiger partial charge in [0.2, 0.25) is 5.91 Å². The van der Waals surface area contributed by atoms with E-state index in [1.807, 2.05) is 28.8 Å². The third kappa shape index (κ3) is 4.14. The Hall–Kier alpha value is -2.06. The summed E-state index contributed by atoms with van der Waals surface area (Å²) in [6, 6.07) is 3.79. The van der Waals surface area contributed by atoms with Gasteiger partial charge in [-0.2, -0.15) is 11.8 Å². The van der Waals surface area contributed by atoms with Crippen molar-refractivity contribution >= 4 is 40.9 Å². The predicted octanol–water partition coefficient (Wildman–Crippen LogP) is 1.88. The third-order valence-corrected chi connectivity index (χ3v) is 7.13. The summed E-state index contributed by atoms with van der Waals surface area (Å²) >= 11 is 1.88. The van der Waals surface area contributed by atoms with E-state index in [0.29, 0.717) is 25.1 Å². The quantitative estimate of drug-likeness (QED) is 0.731. The van der Waals surface area contributed by atoms with Crippen molar-refractivity contribution in [2.24, 2.45) is 0 Å². The van der Waals surface area contributed by atoms with Gasteiger partial charge in [0.15, 0.2) is 0 Å². The second kappa shape index (κ2) is 8.36. The average molecular weight is 418 g/mol. The molecule has 0 saturated carbocycles. The van der Waals surface area contributed by atoms with E-state index in [1.165, 1.54) is 0 Å². The van der Waals surface area contributed by atoms with Gasteiger partial charge in [-0.1, -0.05) is 0 Å². The fourth-order valence-corrected chi connectivity index (χ4v) is 5.67. The van der Waals surface area contributed by atoms with Gasteiger partial charge in [0.1, 0.15) is 0 Å². The van der Waals surface area contributed by atoms with Crippen LogP contribution in [0.3, 0.4) is 0 Å². The van der Waals surface area contributed by atoms with Crippen LogP contribution in [0, 0.1) is 0 Å². The summed E-state index contributed by atoms with van der Waals surface area (Å²) < 4.78 is 5.65. The molecular formula is C21H27N3O4S. The molecule has 0 unspecified atom stereocenters. The summed E-state index contributed by atoms with van der Waals surface area (Å²) in [7, 11) is 1.66. The van der Waals surface area contributed by atoms with Crippen LogP contribution in [0.25, 0.3) is 0 Å². The second-order valence-corrected chi connectivity index (χ2v) is 9.15. The molecule has 1 aromatic carbocycles. The smallest absolute Gasteiger partial charge is 0.313 e. The maximum atomic E-state index is 12.4. The number of nitrogens with zero attached hydrogens (tertiary/aromatic N) is 1. The first-order chi connectivity index (χ1) is 14.0. The number of nitrogens with one attached hydrogen (secondary N) is 2. The van der Waals surface area contributed by atoms with Gasteiger partial charge in [-0.3, -0.25) is 14.4 Å². The van der Waals surface area contributed by atoms with Crippen molar-refractivity contribution in [1.82, 2.24) is 5.32 Å². The Morgan fingerprint density at radius 2 is 1.86 bits per heavy atom. The molecule has 1 aromatic rings. The van der Waals surface area contributed by atoms with Crippen molar-refractivity contribution in [3.05, 3.63) is 23.3 Å². The fourth-order valence-electron chi connectivity index (χ4n) is 4.43. The molecule has 0 atom stereocenters. The van der Waals surface area contributed by atoms with Crippen LogP contribution in [0.2, 0.25) is 0 Å². The Kier molecular flexibility index (Phi) is 5.83. The number of hydrogen-bond acceptors (Lipinski definition) is 5. The van der Waals surface area contributed by atoms with E-state index in [1.54, 1.807) is 7.11 Å². The zero-order valence-electron chi connectivity index (χ0n) is 16.7. The molecule has 3 aliphatic heterocycles. The second-order valence-electron chi connectivity index (χ2n) is 7.93. The minimum Gasteiger partial charge on any atom is -0.376 e. The number of ether oxygens (including phenoxy) is 1. The lowest BCUT2D eigenvalue weighted by Crippen LogP contribution is -2.49. The number of benzene rings is 1. The minimum absolute atomic E-state index is 0.169. The third-order valence-electron chi connectivity index (χ3n) is 6.15. The number of carbonyl (C=O) groups is 3.